The molecule has 0 aliphatic rings. The van der Waals surface area contributed by atoms with E-state index in [2.05, 4.69) is 29.1 Å². The lowest BCUT2D eigenvalue weighted by molar-refractivity contribution is -0.118. The topological polar surface area (TPSA) is 54.9 Å². The van der Waals surface area contributed by atoms with Crippen LogP contribution in [0.25, 0.3) is 0 Å². The van der Waals surface area contributed by atoms with Gasteiger partial charge >= 0.3 is 0 Å². The number of carbonyl (C=O) groups is 1. The van der Waals surface area contributed by atoms with Gasteiger partial charge in [0.2, 0.25) is 5.91 Å². The Morgan fingerprint density at radius 1 is 1.38 bits per heavy atom. The second-order valence-electron chi connectivity index (χ2n) is 4.96. The van der Waals surface area contributed by atoms with Crippen molar-refractivity contribution in [2.45, 2.75) is 38.1 Å². The zero-order valence-electron chi connectivity index (χ0n) is 12.4. The molecule has 0 saturated heterocycles. The minimum absolute atomic E-state index is 0.0377. The fraction of sp³-hybridized carbons (Fsp3) is 0.400. The molecule has 112 valence electrons. The predicted octanol–water partition coefficient (Wildman–Crippen LogP) is 3.38. The molecule has 0 atom stereocenters. The molecule has 1 N–H and O–H groups in total. The van der Waals surface area contributed by atoms with Crippen LogP contribution in [-0.4, -0.2) is 21.6 Å². The highest BCUT2D eigenvalue weighted by Crippen LogP contribution is 2.24. The van der Waals surface area contributed by atoms with Crippen LogP contribution in [0.2, 0.25) is 0 Å². The molecule has 6 heteroatoms. The molecule has 0 bridgehead atoms. The molecule has 0 aliphatic carbocycles. The molecular formula is C15H19N3OS2. The van der Waals surface area contributed by atoms with E-state index in [0.29, 0.717) is 18.2 Å². The van der Waals surface area contributed by atoms with E-state index in [-0.39, 0.29) is 5.91 Å². The number of aromatic nitrogens is 2. The summed E-state index contributed by atoms with van der Waals surface area (Å²) >= 11 is 3.20. The molecular weight excluding hydrogens is 302 g/mol. The molecule has 2 aromatic rings. The number of hydrogen-bond donors (Lipinski definition) is 1. The molecule has 0 saturated carbocycles. The maximum Gasteiger partial charge on any atom is 0.230 e. The summed E-state index contributed by atoms with van der Waals surface area (Å²) in [5.74, 6) is 0.884. The Morgan fingerprint density at radius 3 is 2.71 bits per heavy atom. The van der Waals surface area contributed by atoms with Crippen molar-refractivity contribution in [3.8, 4) is 0 Å². The van der Waals surface area contributed by atoms with Crippen molar-refractivity contribution in [3.05, 3.63) is 40.1 Å². The van der Waals surface area contributed by atoms with Gasteiger partial charge in [0.1, 0.15) is 0 Å². The van der Waals surface area contributed by atoms with Crippen LogP contribution in [0.5, 0.6) is 0 Å². The first kappa shape index (κ1) is 16.0. The van der Waals surface area contributed by atoms with Crippen molar-refractivity contribution >= 4 is 29.0 Å². The Bertz CT molecular complexity index is 596. The van der Waals surface area contributed by atoms with E-state index < -0.39 is 0 Å². The van der Waals surface area contributed by atoms with Gasteiger partial charge in [-0.15, -0.1) is 23.1 Å². The van der Waals surface area contributed by atoms with E-state index in [0.717, 1.165) is 20.5 Å². The molecule has 2 rings (SSSR count). The SMILES string of the molecule is Cc1nc(C(C)C)sc1CNC(=O)CSc1ccncc1. The number of rotatable bonds is 6. The van der Waals surface area contributed by atoms with Crippen LogP contribution in [0.15, 0.2) is 29.4 Å². The van der Waals surface area contributed by atoms with Crippen LogP contribution in [-0.2, 0) is 11.3 Å². The number of pyridine rings is 1. The van der Waals surface area contributed by atoms with E-state index in [4.69, 9.17) is 0 Å². The summed E-state index contributed by atoms with van der Waals surface area (Å²) in [6.45, 7) is 6.82. The number of nitrogens with one attached hydrogen (secondary N) is 1. The summed E-state index contributed by atoms with van der Waals surface area (Å²) in [4.78, 5) is 22.6. The summed E-state index contributed by atoms with van der Waals surface area (Å²) in [5, 5.41) is 4.09. The van der Waals surface area contributed by atoms with Crippen LogP contribution in [0.4, 0.5) is 0 Å². The maximum absolute atomic E-state index is 11.9. The molecule has 1 amide bonds. The molecule has 21 heavy (non-hydrogen) atoms. The van der Waals surface area contributed by atoms with Gasteiger partial charge in [0.25, 0.3) is 0 Å². The number of nitrogens with zero attached hydrogens (tertiary/aromatic N) is 2. The molecule has 0 aliphatic heterocycles. The highest BCUT2D eigenvalue weighted by Gasteiger charge is 2.11. The van der Waals surface area contributed by atoms with Gasteiger partial charge in [0.15, 0.2) is 0 Å². The van der Waals surface area contributed by atoms with Gasteiger partial charge in [-0.25, -0.2) is 4.98 Å². The minimum atomic E-state index is 0.0377. The van der Waals surface area contributed by atoms with Crippen molar-refractivity contribution < 1.29 is 4.79 Å². The monoisotopic (exact) mass is 321 g/mol. The number of hydrogen-bond acceptors (Lipinski definition) is 5. The molecule has 0 radical (unpaired) electrons. The van der Waals surface area contributed by atoms with Crippen molar-refractivity contribution in [2.75, 3.05) is 5.75 Å². The smallest absolute Gasteiger partial charge is 0.230 e. The van der Waals surface area contributed by atoms with Crippen LogP contribution in [0.1, 0.15) is 35.3 Å². The van der Waals surface area contributed by atoms with Crippen molar-refractivity contribution in [1.82, 2.24) is 15.3 Å². The summed E-state index contributed by atoms with van der Waals surface area (Å²) < 4.78 is 0. The average molecular weight is 321 g/mol. The molecule has 0 fully saturated rings. The standard InChI is InChI=1S/C15H19N3OS2/c1-10(2)15-18-11(3)13(21-15)8-17-14(19)9-20-12-4-6-16-7-5-12/h4-7,10H,8-9H2,1-3H3,(H,17,19). The van der Waals surface area contributed by atoms with Crippen molar-refractivity contribution in [1.29, 1.82) is 0 Å². The van der Waals surface area contributed by atoms with Crippen LogP contribution >= 0.6 is 23.1 Å². The van der Waals surface area contributed by atoms with Crippen LogP contribution < -0.4 is 5.32 Å². The van der Waals surface area contributed by atoms with E-state index in [1.54, 1.807) is 23.7 Å². The van der Waals surface area contributed by atoms with Gasteiger partial charge < -0.3 is 5.32 Å². The van der Waals surface area contributed by atoms with E-state index in [9.17, 15) is 4.79 Å². The highest BCUT2D eigenvalue weighted by molar-refractivity contribution is 8.00. The second kappa shape index (κ2) is 7.56. The first-order valence-electron chi connectivity index (χ1n) is 6.82. The lowest BCUT2D eigenvalue weighted by atomic mass is 10.2. The quantitative estimate of drug-likeness (QED) is 0.829. The highest BCUT2D eigenvalue weighted by atomic mass is 32.2. The van der Waals surface area contributed by atoms with E-state index in [1.807, 2.05) is 19.1 Å². The van der Waals surface area contributed by atoms with Crippen LogP contribution in [0, 0.1) is 6.92 Å². The number of amides is 1. The Hall–Kier alpha value is -1.40. The summed E-state index contributed by atoms with van der Waals surface area (Å²) in [6, 6.07) is 3.81. The van der Waals surface area contributed by atoms with Crippen molar-refractivity contribution in [2.24, 2.45) is 0 Å². The van der Waals surface area contributed by atoms with Gasteiger partial charge in [0, 0.05) is 28.1 Å². The molecule has 4 nitrogen and oxygen atoms in total. The second-order valence-corrected chi connectivity index (χ2v) is 7.13. The summed E-state index contributed by atoms with van der Waals surface area (Å²) in [5.41, 5.74) is 1.02. The number of carbonyl (C=O) groups excluding carboxylic acids is 1. The van der Waals surface area contributed by atoms with Crippen molar-refractivity contribution in [3.63, 3.8) is 0 Å². The normalized spacial score (nSPS) is 10.9. The number of thioether (sulfide) groups is 1. The first-order chi connectivity index (χ1) is 10.1. The zero-order valence-corrected chi connectivity index (χ0v) is 14.1. The average Bonchev–Trinajstić information content (AvgIpc) is 2.85. The van der Waals surface area contributed by atoms with Gasteiger partial charge in [0.05, 0.1) is 23.0 Å². The Morgan fingerprint density at radius 2 is 2.10 bits per heavy atom. The molecule has 2 heterocycles. The predicted molar refractivity (Wildman–Crippen MR) is 87.7 cm³/mol. The molecule has 0 spiro atoms. The Labute approximate surface area is 133 Å². The lowest BCUT2D eigenvalue weighted by Crippen LogP contribution is -2.24. The lowest BCUT2D eigenvalue weighted by Gasteiger charge is -2.04. The summed E-state index contributed by atoms with van der Waals surface area (Å²) in [6.07, 6.45) is 3.46. The molecule has 0 aromatic carbocycles. The fourth-order valence-electron chi connectivity index (χ4n) is 1.67. The summed E-state index contributed by atoms with van der Waals surface area (Å²) in [7, 11) is 0. The van der Waals surface area contributed by atoms with Gasteiger partial charge in [-0.2, -0.15) is 0 Å². The fourth-order valence-corrected chi connectivity index (χ4v) is 3.40. The number of thiazole rings is 1. The maximum atomic E-state index is 11.9. The first-order valence-corrected chi connectivity index (χ1v) is 8.62. The Kier molecular flexibility index (Phi) is 5.76. The van der Waals surface area contributed by atoms with Gasteiger partial charge in [-0.1, -0.05) is 13.8 Å². The minimum Gasteiger partial charge on any atom is -0.350 e. The third kappa shape index (κ3) is 4.82. The van der Waals surface area contributed by atoms with E-state index >= 15 is 0 Å². The zero-order chi connectivity index (χ0) is 15.2. The van der Waals surface area contributed by atoms with Gasteiger partial charge in [-0.3, -0.25) is 9.78 Å². The number of aryl methyl sites for hydroxylation is 1. The molecule has 2 aromatic heterocycles. The molecule has 0 unspecified atom stereocenters. The third-order valence-electron chi connectivity index (χ3n) is 2.87. The van der Waals surface area contributed by atoms with Gasteiger partial charge in [-0.05, 0) is 19.1 Å². The Balaban J connectivity index is 1.81. The van der Waals surface area contributed by atoms with Crippen LogP contribution in [0.3, 0.4) is 0 Å². The van der Waals surface area contributed by atoms with E-state index in [1.165, 1.54) is 11.8 Å². The third-order valence-corrected chi connectivity index (χ3v) is 5.34. The largest absolute Gasteiger partial charge is 0.350 e.